The highest BCUT2D eigenvalue weighted by Crippen LogP contribution is 2.35. The van der Waals surface area contributed by atoms with Gasteiger partial charge in [0.15, 0.2) is 11.5 Å². The number of aromatic nitrogens is 1. The third kappa shape index (κ3) is 6.09. The van der Waals surface area contributed by atoms with E-state index in [2.05, 4.69) is 41.1 Å². The van der Waals surface area contributed by atoms with Crippen LogP contribution in [-0.2, 0) is 13.0 Å². The number of likely N-dealkylation sites (tertiary alicyclic amines) is 2. The summed E-state index contributed by atoms with van der Waals surface area (Å²) in [6.07, 6.45) is 2.40. The first-order valence-electron chi connectivity index (χ1n) is 13.2. The molecule has 1 aromatic heterocycles. The summed E-state index contributed by atoms with van der Waals surface area (Å²) < 4.78 is 17.4. The molecule has 0 bridgehead atoms. The van der Waals surface area contributed by atoms with E-state index in [-0.39, 0.29) is 17.9 Å². The number of hydrogen-bond acceptors (Lipinski definition) is 7. The number of aliphatic hydroxyl groups excluding tert-OH is 1. The van der Waals surface area contributed by atoms with Crippen LogP contribution < -0.4 is 14.2 Å². The summed E-state index contributed by atoms with van der Waals surface area (Å²) in [5, 5.41) is 9.37. The third-order valence-electron chi connectivity index (χ3n) is 7.22. The molecule has 2 aliphatic rings. The predicted molar refractivity (Wildman–Crippen MR) is 144 cm³/mol. The maximum atomic E-state index is 13.0. The molecule has 0 unspecified atom stereocenters. The Morgan fingerprint density at radius 1 is 0.974 bits per heavy atom. The molecule has 0 aliphatic carbocycles. The number of carbonyl (C=O) groups is 1. The number of aryl methyl sites for hydroxylation is 1. The van der Waals surface area contributed by atoms with E-state index in [0.29, 0.717) is 62.3 Å². The van der Waals surface area contributed by atoms with Gasteiger partial charge in [0, 0.05) is 50.9 Å². The maximum Gasteiger partial charge on any atom is 0.272 e. The molecule has 1 N–H and O–H groups in total. The van der Waals surface area contributed by atoms with Crippen molar-refractivity contribution in [2.75, 3.05) is 46.4 Å². The molecule has 0 saturated carbocycles. The fourth-order valence-corrected chi connectivity index (χ4v) is 4.74. The largest absolute Gasteiger partial charge is 0.493 e. The quantitative estimate of drug-likeness (QED) is 0.417. The van der Waals surface area contributed by atoms with Crippen molar-refractivity contribution in [3.8, 4) is 17.2 Å². The number of β-amino-alcohol motifs (C(OH)–C–C–N with tert-alkyl or cyclic N) is 1. The van der Waals surface area contributed by atoms with Crippen molar-refractivity contribution in [3.05, 3.63) is 83.2 Å². The van der Waals surface area contributed by atoms with Crippen LogP contribution in [0.3, 0.4) is 0 Å². The number of amides is 1. The standard InChI is InChI=1S/C30H35N3O5/c1-3-21-4-6-22(7-5-21)20-38-28-9-8-23(14-29(28)36-2)24-16-33(17-24)30(35)27-15-26(10-11-31-27)37-13-12-32-18-25(34)19-32/h4-11,14-15,24-25,34H,3,12-13,16-20H2,1-2H3. The molecular weight excluding hydrogens is 482 g/mol. The van der Waals surface area contributed by atoms with Crippen LogP contribution in [0.15, 0.2) is 60.8 Å². The average molecular weight is 518 g/mol. The Labute approximate surface area is 223 Å². The first-order valence-corrected chi connectivity index (χ1v) is 13.2. The number of ether oxygens (including phenoxy) is 3. The molecule has 3 heterocycles. The van der Waals surface area contributed by atoms with E-state index >= 15 is 0 Å². The monoisotopic (exact) mass is 517 g/mol. The van der Waals surface area contributed by atoms with Crippen molar-refractivity contribution >= 4 is 5.91 Å². The summed E-state index contributed by atoms with van der Waals surface area (Å²) in [6, 6.07) is 17.9. The molecule has 3 aromatic rings. The van der Waals surface area contributed by atoms with Gasteiger partial charge in [-0.2, -0.15) is 0 Å². The zero-order valence-electron chi connectivity index (χ0n) is 22.0. The SMILES string of the molecule is CCc1ccc(COc2ccc(C3CN(C(=O)c4cc(OCCN5CC(O)C5)ccn4)C3)cc2OC)cc1. The molecule has 38 heavy (non-hydrogen) atoms. The average Bonchev–Trinajstić information content (AvgIpc) is 2.90. The number of pyridine rings is 1. The van der Waals surface area contributed by atoms with Gasteiger partial charge in [0.2, 0.25) is 0 Å². The molecule has 5 rings (SSSR count). The van der Waals surface area contributed by atoms with Gasteiger partial charge in [-0.05, 0) is 41.3 Å². The van der Waals surface area contributed by atoms with Crippen LogP contribution in [0.25, 0.3) is 0 Å². The van der Waals surface area contributed by atoms with Crippen molar-refractivity contribution < 1.29 is 24.1 Å². The lowest BCUT2D eigenvalue weighted by Gasteiger charge is -2.39. The summed E-state index contributed by atoms with van der Waals surface area (Å²) in [4.78, 5) is 21.2. The molecule has 8 heteroatoms. The van der Waals surface area contributed by atoms with Gasteiger partial charge in [-0.15, -0.1) is 0 Å². The van der Waals surface area contributed by atoms with E-state index in [1.807, 2.05) is 18.2 Å². The molecule has 2 aliphatic heterocycles. The number of aliphatic hydroxyl groups is 1. The van der Waals surface area contributed by atoms with Crippen LogP contribution in [0.4, 0.5) is 0 Å². The lowest BCUT2D eigenvalue weighted by molar-refractivity contribution is -0.00389. The Bertz CT molecular complexity index is 1240. The number of benzene rings is 2. The number of methoxy groups -OCH3 is 1. The first kappa shape index (κ1) is 26.0. The third-order valence-corrected chi connectivity index (χ3v) is 7.22. The fourth-order valence-electron chi connectivity index (χ4n) is 4.74. The van der Waals surface area contributed by atoms with E-state index in [1.165, 1.54) is 5.56 Å². The molecular formula is C30H35N3O5. The number of carbonyl (C=O) groups excluding carboxylic acids is 1. The van der Waals surface area contributed by atoms with E-state index < -0.39 is 0 Å². The van der Waals surface area contributed by atoms with Crippen LogP contribution in [-0.4, -0.2) is 78.3 Å². The van der Waals surface area contributed by atoms with Crippen molar-refractivity contribution in [2.24, 2.45) is 0 Å². The molecule has 200 valence electrons. The van der Waals surface area contributed by atoms with Gasteiger partial charge in [-0.1, -0.05) is 37.3 Å². The summed E-state index contributed by atoms with van der Waals surface area (Å²) in [5.41, 5.74) is 3.92. The summed E-state index contributed by atoms with van der Waals surface area (Å²) in [7, 11) is 1.65. The van der Waals surface area contributed by atoms with E-state index in [0.717, 1.165) is 24.1 Å². The highest BCUT2D eigenvalue weighted by Gasteiger charge is 2.33. The first-order chi connectivity index (χ1) is 18.5. The molecule has 2 aromatic carbocycles. The summed E-state index contributed by atoms with van der Waals surface area (Å²) in [6.45, 7) is 6.49. The van der Waals surface area contributed by atoms with Crippen molar-refractivity contribution in [3.63, 3.8) is 0 Å². The van der Waals surface area contributed by atoms with Crippen LogP contribution in [0.1, 0.15) is 40.0 Å². The van der Waals surface area contributed by atoms with Crippen LogP contribution >= 0.6 is 0 Å². The van der Waals surface area contributed by atoms with Crippen LogP contribution in [0, 0.1) is 0 Å². The molecule has 0 spiro atoms. The highest BCUT2D eigenvalue weighted by atomic mass is 16.5. The zero-order chi connectivity index (χ0) is 26.5. The summed E-state index contributed by atoms with van der Waals surface area (Å²) >= 11 is 0. The smallest absolute Gasteiger partial charge is 0.272 e. The van der Waals surface area contributed by atoms with Crippen molar-refractivity contribution in [1.82, 2.24) is 14.8 Å². The van der Waals surface area contributed by atoms with E-state index in [9.17, 15) is 9.90 Å². The zero-order valence-corrected chi connectivity index (χ0v) is 22.0. The second kappa shape index (κ2) is 11.8. The van der Waals surface area contributed by atoms with Gasteiger partial charge >= 0.3 is 0 Å². The Kier molecular flexibility index (Phi) is 8.10. The number of hydrogen-bond donors (Lipinski definition) is 1. The lowest BCUT2D eigenvalue weighted by atomic mass is 9.91. The number of rotatable bonds is 11. The molecule has 2 fully saturated rings. The van der Waals surface area contributed by atoms with Gasteiger partial charge < -0.3 is 24.2 Å². The Balaban J connectivity index is 1.12. The second-order valence-corrected chi connectivity index (χ2v) is 9.91. The lowest BCUT2D eigenvalue weighted by Crippen LogP contribution is -2.51. The second-order valence-electron chi connectivity index (χ2n) is 9.91. The summed E-state index contributed by atoms with van der Waals surface area (Å²) in [5.74, 6) is 2.16. The molecule has 2 saturated heterocycles. The highest BCUT2D eigenvalue weighted by molar-refractivity contribution is 5.93. The van der Waals surface area contributed by atoms with Crippen LogP contribution in [0.2, 0.25) is 0 Å². The molecule has 0 radical (unpaired) electrons. The Morgan fingerprint density at radius 3 is 2.45 bits per heavy atom. The van der Waals surface area contributed by atoms with Gasteiger partial charge in [0.05, 0.1) is 13.2 Å². The molecule has 0 atom stereocenters. The van der Waals surface area contributed by atoms with Gasteiger partial charge in [-0.25, -0.2) is 0 Å². The van der Waals surface area contributed by atoms with Crippen molar-refractivity contribution in [1.29, 1.82) is 0 Å². The van der Waals surface area contributed by atoms with Crippen LogP contribution in [0.5, 0.6) is 17.2 Å². The van der Waals surface area contributed by atoms with E-state index in [4.69, 9.17) is 14.2 Å². The normalized spacial score (nSPS) is 16.0. The van der Waals surface area contributed by atoms with Gasteiger partial charge in [-0.3, -0.25) is 14.7 Å². The number of nitrogens with zero attached hydrogens (tertiary/aromatic N) is 3. The predicted octanol–water partition coefficient (Wildman–Crippen LogP) is 3.53. The Hall–Kier alpha value is -3.62. The topological polar surface area (TPSA) is 84.4 Å². The fraction of sp³-hybridized carbons (Fsp3) is 0.400. The minimum Gasteiger partial charge on any atom is -0.493 e. The van der Waals surface area contributed by atoms with Gasteiger partial charge in [0.25, 0.3) is 5.91 Å². The minimum absolute atomic E-state index is 0.0985. The maximum absolute atomic E-state index is 13.0. The van der Waals surface area contributed by atoms with E-state index in [1.54, 1.807) is 30.3 Å². The Morgan fingerprint density at radius 2 is 1.74 bits per heavy atom. The molecule has 1 amide bonds. The minimum atomic E-state index is -0.221. The van der Waals surface area contributed by atoms with Gasteiger partial charge in [0.1, 0.15) is 24.7 Å². The van der Waals surface area contributed by atoms with Crippen molar-refractivity contribution in [2.45, 2.75) is 32.0 Å². The molecule has 8 nitrogen and oxygen atoms in total.